The molecule has 0 radical (unpaired) electrons. The molecule has 0 fully saturated rings. The number of allylic oxidation sites excluding steroid dienone is 2. The predicted molar refractivity (Wildman–Crippen MR) is 109 cm³/mol. The van der Waals surface area contributed by atoms with Gasteiger partial charge in [0.2, 0.25) is 5.91 Å². The molecule has 6 heteroatoms. The third-order valence-electron chi connectivity index (χ3n) is 4.82. The zero-order valence-electron chi connectivity index (χ0n) is 16.4. The number of thiophene rings is 1. The van der Waals surface area contributed by atoms with Gasteiger partial charge in [-0.15, -0.1) is 11.3 Å². The first-order valence-corrected chi connectivity index (χ1v) is 10.4. The van der Waals surface area contributed by atoms with Gasteiger partial charge in [-0.3, -0.25) is 4.79 Å². The summed E-state index contributed by atoms with van der Waals surface area (Å²) >= 11 is 1.41. The molecular weight excluding hydrogens is 360 g/mol. The number of ether oxygens (including phenoxy) is 1. The van der Waals surface area contributed by atoms with Gasteiger partial charge in [-0.1, -0.05) is 13.0 Å². The Morgan fingerprint density at radius 3 is 2.78 bits per heavy atom. The summed E-state index contributed by atoms with van der Waals surface area (Å²) in [5.41, 5.74) is 1.90. The van der Waals surface area contributed by atoms with Crippen LogP contribution in [0.15, 0.2) is 12.1 Å². The van der Waals surface area contributed by atoms with Crippen molar-refractivity contribution in [2.45, 2.75) is 58.8 Å². The topological polar surface area (TPSA) is 70.4 Å². The van der Waals surface area contributed by atoms with Crippen molar-refractivity contribution in [3.05, 3.63) is 21.9 Å². The Labute approximate surface area is 165 Å². The SMILES string of the molecule is CCC(=O)N(CCCC(C)C#N)c1cc(C2=CCCCC2)sc1C(=O)OC. The van der Waals surface area contributed by atoms with E-state index in [9.17, 15) is 9.59 Å². The van der Waals surface area contributed by atoms with Crippen LogP contribution >= 0.6 is 11.3 Å². The first kappa shape index (κ1) is 21.2. The van der Waals surface area contributed by atoms with Crippen LogP contribution in [0.5, 0.6) is 0 Å². The van der Waals surface area contributed by atoms with E-state index < -0.39 is 5.97 Å². The number of carbonyl (C=O) groups is 2. The fourth-order valence-electron chi connectivity index (χ4n) is 3.23. The summed E-state index contributed by atoms with van der Waals surface area (Å²) in [7, 11) is 1.37. The molecule has 1 unspecified atom stereocenters. The molecule has 27 heavy (non-hydrogen) atoms. The van der Waals surface area contributed by atoms with E-state index in [1.165, 1.54) is 30.4 Å². The average molecular weight is 389 g/mol. The van der Waals surface area contributed by atoms with Crippen molar-refractivity contribution in [2.24, 2.45) is 5.92 Å². The summed E-state index contributed by atoms with van der Waals surface area (Å²) in [5.74, 6) is -0.474. The number of methoxy groups -OCH3 is 1. The Kier molecular flexibility index (Phi) is 8.05. The summed E-state index contributed by atoms with van der Waals surface area (Å²) in [6.45, 7) is 4.20. The van der Waals surface area contributed by atoms with Crippen molar-refractivity contribution in [3.8, 4) is 6.07 Å². The highest BCUT2D eigenvalue weighted by molar-refractivity contribution is 7.15. The molecule has 0 aliphatic heterocycles. The highest BCUT2D eigenvalue weighted by Gasteiger charge is 2.26. The average Bonchev–Trinajstić information content (AvgIpc) is 3.15. The first-order chi connectivity index (χ1) is 13.0. The summed E-state index contributed by atoms with van der Waals surface area (Å²) in [6.07, 6.45) is 8.44. The Bertz CT molecular complexity index is 745. The molecular formula is C21H28N2O3S. The number of carbonyl (C=O) groups excluding carboxylic acids is 2. The smallest absolute Gasteiger partial charge is 0.350 e. The maximum absolute atomic E-state index is 12.6. The van der Waals surface area contributed by atoms with Crippen molar-refractivity contribution in [1.29, 1.82) is 5.26 Å². The minimum absolute atomic E-state index is 0.0215. The van der Waals surface area contributed by atoms with Crippen molar-refractivity contribution in [3.63, 3.8) is 0 Å². The summed E-state index contributed by atoms with van der Waals surface area (Å²) in [5, 5.41) is 8.97. The zero-order valence-corrected chi connectivity index (χ0v) is 17.2. The van der Waals surface area contributed by atoms with Gasteiger partial charge < -0.3 is 9.64 Å². The van der Waals surface area contributed by atoms with Crippen LogP contribution in [-0.2, 0) is 9.53 Å². The second kappa shape index (κ2) is 10.3. The van der Waals surface area contributed by atoms with Crippen LogP contribution in [0.4, 0.5) is 5.69 Å². The van der Waals surface area contributed by atoms with E-state index in [0.717, 1.165) is 37.0 Å². The standard InChI is InChI=1S/C21H28N2O3S/c1-4-19(24)23(12-8-9-15(2)14-22)17-13-18(16-10-6-5-7-11-16)27-20(17)21(25)26-3/h10,13,15H,4-9,11-12H2,1-3H3. The molecule has 0 saturated heterocycles. The number of anilines is 1. The molecule has 1 aromatic heterocycles. The molecule has 1 amide bonds. The highest BCUT2D eigenvalue weighted by Crippen LogP contribution is 2.38. The largest absolute Gasteiger partial charge is 0.465 e. The Hall–Kier alpha value is -2.13. The molecule has 0 N–H and O–H groups in total. The lowest BCUT2D eigenvalue weighted by Crippen LogP contribution is -2.32. The van der Waals surface area contributed by atoms with E-state index in [-0.39, 0.29) is 11.8 Å². The molecule has 1 atom stereocenters. The first-order valence-electron chi connectivity index (χ1n) is 9.63. The molecule has 0 aromatic carbocycles. The van der Waals surface area contributed by atoms with Gasteiger partial charge in [0.1, 0.15) is 4.88 Å². The van der Waals surface area contributed by atoms with Crippen LogP contribution in [0.3, 0.4) is 0 Å². The zero-order chi connectivity index (χ0) is 19.8. The molecule has 2 rings (SSSR count). The number of amides is 1. The van der Waals surface area contributed by atoms with E-state index in [0.29, 0.717) is 23.5 Å². The third-order valence-corrected chi connectivity index (χ3v) is 6.00. The molecule has 5 nitrogen and oxygen atoms in total. The van der Waals surface area contributed by atoms with Gasteiger partial charge in [0.15, 0.2) is 0 Å². The van der Waals surface area contributed by atoms with Gasteiger partial charge in [0.05, 0.1) is 18.9 Å². The fourth-order valence-corrected chi connectivity index (χ4v) is 4.38. The van der Waals surface area contributed by atoms with Crippen molar-refractivity contribution < 1.29 is 14.3 Å². The van der Waals surface area contributed by atoms with Crippen LogP contribution in [-0.4, -0.2) is 25.5 Å². The van der Waals surface area contributed by atoms with Gasteiger partial charge in [-0.25, -0.2) is 4.79 Å². The number of hydrogen-bond donors (Lipinski definition) is 0. The van der Waals surface area contributed by atoms with Gasteiger partial charge in [-0.05, 0) is 57.1 Å². The number of nitriles is 1. The van der Waals surface area contributed by atoms with Gasteiger partial charge >= 0.3 is 5.97 Å². The Morgan fingerprint density at radius 1 is 1.41 bits per heavy atom. The fraction of sp³-hybridized carbons (Fsp3) is 0.571. The minimum atomic E-state index is -0.406. The molecule has 1 aliphatic rings. The lowest BCUT2D eigenvalue weighted by atomic mass is 9.98. The van der Waals surface area contributed by atoms with E-state index in [4.69, 9.17) is 10.00 Å². The Morgan fingerprint density at radius 2 is 2.19 bits per heavy atom. The molecule has 0 saturated carbocycles. The van der Waals surface area contributed by atoms with Crippen LogP contribution in [0.1, 0.15) is 73.3 Å². The van der Waals surface area contributed by atoms with Gasteiger partial charge in [0.25, 0.3) is 0 Å². The maximum Gasteiger partial charge on any atom is 0.350 e. The molecule has 1 aromatic rings. The second-order valence-electron chi connectivity index (χ2n) is 6.86. The number of rotatable bonds is 8. The van der Waals surface area contributed by atoms with E-state index in [1.807, 2.05) is 19.9 Å². The summed E-state index contributed by atoms with van der Waals surface area (Å²) < 4.78 is 4.97. The number of nitrogens with zero attached hydrogens (tertiary/aromatic N) is 2. The van der Waals surface area contributed by atoms with Crippen molar-refractivity contribution in [2.75, 3.05) is 18.6 Å². The molecule has 1 aliphatic carbocycles. The monoisotopic (exact) mass is 388 g/mol. The van der Waals surface area contributed by atoms with E-state index >= 15 is 0 Å². The molecule has 146 valence electrons. The lowest BCUT2D eigenvalue weighted by Gasteiger charge is -2.22. The summed E-state index contributed by atoms with van der Waals surface area (Å²) in [6, 6.07) is 4.19. The molecule has 0 bridgehead atoms. The van der Waals surface area contributed by atoms with Gasteiger partial charge in [-0.2, -0.15) is 5.26 Å². The molecule has 0 spiro atoms. The van der Waals surface area contributed by atoms with E-state index in [1.54, 1.807) is 4.90 Å². The highest BCUT2D eigenvalue weighted by atomic mass is 32.1. The predicted octanol–water partition coefficient (Wildman–Crippen LogP) is 5.17. The minimum Gasteiger partial charge on any atom is -0.465 e. The van der Waals surface area contributed by atoms with E-state index in [2.05, 4.69) is 12.1 Å². The summed E-state index contributed by atoms with van der Waals surface area (Å²) in [4.78, 5) is 28.2. The number of hydrogen-bond acceptors (Lipinski definition) is 5. The second-order valence-corrected chi connectivity index (χ2v) is 7.92. The Balaban J connectivity index is 2.35. The quantitative estimate of drug-likeness (QED) is 0.576. The van der Waals surface area contributed by atoms with Crippen LogP contribution < -0.4 is 4.90 Å². The van der Waals surface area contributed by atoms with Crippen molar-refractivity contribution in [1.82, 2.24) is 0 Å². The van der Waals surface area contributed by atoms with Gasteiger partial charge in [0, 0.05) is 23.8 Å². The lowest BCUT2D eigenvalue weighted by molar-refractivity contribution is -0.118. The number of esters is 1. The molecule has 1 heterocycles. The van der Waals surface area contributed by atoms with Crippen LogP contribution in [0.2, 0.25) is 0 Å². The maximum atomic E-state index is 12.6. The van der Waals surface area contributed by atoms with Crippen LogP contribution in [0.25, 0.3) is 5.57 Å². The van der Waals surface area contributed by atoms with Crippen LogP contribution in [0, 0.1) is 17.2 Å². The van der Waals surface area contributed by atoms with Crippen molar-refractivity contribution >= 4 is 34.5 Å². The normalized spacial score (nSPS) is 14.8. The third kappa shape index (κ3) is 5.43.